The van der Waals surface area contributed by atoms with E-state index < -0.39 is 0 Å². The second-order valence-electron chi connectivity index (χ2n) is 3.18. The van der Waals surface area contributed by atoms with Crippen LogP contribution in [0.1, 0.15) is 17.4 Å². The summed E-state index contributed by atoms with van der Waals surface area (Å²) in [5.74, 6) is 0.700. The van der Waals surface area contributed by atoms with E-state index in [0.717, 1.165) is 5.75 Å². The Morgan fingerprint density at radius 2 is 2.40 bits per heavy atom. The van der Waals surface area contributed by atoms with Gasteiger partial charge < -0.3 is 5.32 Å². The van der Waals surface area contributed by atoms with Gasteiger partial charge in [-0.05, 0) is 25.3 Å². The number of pyridine rings is 1. The summed E-state index contributed by atoms with van der Waals surface area (Å²) in [6.45, 7) is 1.96. The van der Waals surface area contributed by atoms with Crippen LogP contribution in [0.3, 0.4) is 0 Å². The number of thioether (sulfide) groups is 1. The van der Waals surface area contributed by atoms with Gasteiger partial charge in [-0.1, -0.05) is 17.7 Å². The second kappa shape index (κ2) is 5.98. The fourth-order valence-electron chi connectivity index (χ4n) is 1.12. The molecule has 1 unspecified atom stereocenters. The van der Waals surface area contributed by atoms with E-state index in [-0.39, 0.29) is 11.9 Å². The Labute approximate surface area is 98.6 Å². The van der Waals surface area contributed by atoms with Crippen molar-refractivity contribution < 1.29 is 4.79 Å². The van der Waals surface area contributed by atoms with Gasteiger partial charge in [-0.25, -0.2) is 4.98 Å². The maximum atomic E-state index is 11.6. The smallest absolute Gasteiger partial charge is 0.270 e. The molecule has 0 fully saturated rings. The number of halogens is 1. The Morgan fingerprint density at radius 3 is 3.00 bits per heavy atom. The first-order chi connectivity index (χ1) is 7.13. The molecule has 0 aliphatic rings. The van der Waals surface area contributed by atoms with E-state index in [1.54, 1.807) is 30.0 Å². The molecule has 1 aromatic heterocycles. The Balaban J connectivity index is 2.61. The van der Waals surface area contributed by atoms with Crippen LogP contribution in [0.5, 0.6) is 0 Å². The van der Waals surface area contributed by atoms with Crippen molar-refractivity contribution in [2.75, 3.05) is 12.0 Å². The molecule has 0 aliphatic carbocycles. The SMILES string of the molecule is CSCC(C)NC(=O)c1cccc(Cl)n1. The Hall–Kier alpha value is -0.740. The zero-order chi connectivity index (χ0) is 11.3. The highest BCUT2D eigenvalue weighted by atomic mass is 35.5. The summed E-state index contributed by atoms with van der Waals surface area (Å²) in [6.07, 6.45) is 2.00. The van der Waals surface area contributed by atoms with Crippen molar-refractivity contribution >= 4 is 29.3 Å². The molecule has 3 nitrogen and oxygen atoms in total. The fourth-order valence-corrected chi connectivity index (χ4v) is 1.87. The quantitative estimate of drug-likeness (QED) is 0.826. The largest absolute Gasteiger partial charge is 0.347 e. The predicted octanol–water partition coefficient (Wildman–Crippen LogP) is 2.22. The number of hydrogen-bond donors (Lipinski definition) is 1. The van der Waals surface area contributed by atoms with E-state index in [2.05, 4.69) is 10.3 Å². The molecule has 82 valence electrons. The summed E-state index contributed by atoms with van der Waals surface area (Å²) in [5, 5.41) is 3.18. The molecule has 1 rings (SSSR count). The van der Waals surface area contributed by atoms with Gasteiger partial charge in [0, 0.05) is 11.8 Å². The predicted molar refractivity (Wildman–Crippen MR) is 64.6 cm³/mol. The summed E-state index contributed by atoms with van der Waals surface area (Å²) < 4.78 is 0. The van der Waals surface area contributed by atoms with Gasteiger partial charge in [0.1, 0.15) is 10.8 Å². The third-order valence-electron chi connectivity index (χ3n) is 1.74. The van der Waals surface area contributed by atoms with E-state index in [0.29, 0.717) is 10.8 Å². The van der Waals surface area contributed by atoms with Gasteiger partial charge in [0.15, 0.2) is 0 Å². The summed E-state index contributed by atoms with van der Waals surface area (Å²) in [6, 6.07) is 5.13. The molecule has 1 N–H and O–H groups in total. The molecule has 0 saturated heterocycles. The second-order valence-corrected chi connectivity index (χ2v) is 4.47. The van der Waals surface area contributed by atoms with Crippen molar-refractivity contribution in [3.05, 3.63) is 29.0 Å². The van der Waals surface area contributed by atoms with Crippen molar-refractivity contribution in [2.45, 2.75) is 13.0 Å². The molecule has 0 radical (unpaired) electrons. The number of hydrogen-bond acceptors (Lipinski definition) is 3. The first kappa shape index (κ1) is 12.3. The summed E-state index contributed by atoms with van der Waals surface area (Å²) >= 11 is 7.38. The summed E-state index contributed by atoms with van der Waals surface area (Å²) in [5.41, 5.74) is 0.357. The number of amides is 1. The first-order valence-corrected chi connectivity index (χ1v) is 6.33. The van der Waals surface area contributed by atoms with Crippen LogP contribution >= 0.6 is 23.4 Å². The van der Waals surface area contributed by atoms with Gasteiger partial charge in [0.2, 0.25) is 0 Å². The average Bonchev–Trinajstić information content (AvgIpc) is 2.18. The lowest BCUT2D eigenvalue weighted by Gasteiger charge is -2.11. The zero-order valence-corrected chi connectivity index (χ0v) is 10.2. The molecule has 15 heavy (non-hydrogen) atoms. The van der Waals surface area contributed by atoms with Crippen LogP contribution in [0.4, 0.5) is 0 Å². The molecule has 1 aromatic rings. The molecular formula is C10H13ClN2OS. The molecule has 1 atom stereocenters. The molecule has 0 spiro atoms. The highest BCUT2D eigenvalue weighted by Gasteiger charge is 2.10. The van der Waals surface area contributed by atoms with Gasteiger partial charge in [-0.3, -0.25) is 4.79 Å². The maximum absolute atomic E-state index is 11.6. The van der Waals surface area contributed by atoms with E-state index in [4.69, 9.17) is 11.6 Å². The minimum Gasteiger partial charge on any atom is -0.347 e. The highest BCUT2D eigenvalue weighted by Crippen LogP contribution is 2.05. The Bertz CT molecular complexity index is 346. The van der Waals surface area contributed by atoms with Crippen molar-refractivity contribution in [3.8, 4) is 0 Å². The Morgan fingerprint density at radius 1 is 1.67 bits per heavy atom. The van der Waals surface area contributed by atoms with Crippen LogP contribution in [0.15, 0.2) is 18.2 Å². The average molecular weight is 245 g/mol. The minimum atomic E-state index is -0.181. The monoisotopic (exact) mass is 244 g/mol. The molecule has 0 aliphatic heterocycles. The number of carbonyl (C=O) groups excluding carboxylic acids is 1. The summed E-state index contributed by atoms with van der Waals surface area (Å²) in [7, 11) is 0. The third kappa shape index (κ3) is 4.10. The van der Waals surface area contributed by atoms with Gasteiger partial charge in [0.25, 0.3) is 5.91 Å². The van der Waals surface area contributed by atoms with Crippen LogP contribution in [0.2, 0.25) is 5.15 Å². The van der Waals surface area contributed by atoms with Crippen molar-refractivity contribution in [3.63, 3.8) is 0 Å². The maximum Gasteiger partial charge on any atom is 0.270 e. The zero-order valence-electron chi connectivity index (χ0n) is 8.66. The van der Waals surface area contributed by atoms with E-state index in [9.17, 15) is 4.79 Å². The number of nitrogens with zero attached hydrogens (tertiary/aromatic N) is 1. The molecule has 1 amide bonds. The van der Waals surface area contributed by atoms with Crippen LogP contribution < -0.4 is 5.32 Å². The standard InChI is InChI=1S/C10H13ClN2OS/c1-7(6-15-2)12-10(14)8-4-3-5-9(11)13-8/h3-5,7H,6H2,1-2H3,(H,12,14). The topological polar surface area (TPSA) is 42.0 Å². The van der Waals surface area contributed by atoms with E-state index in [1.165, 1.54) is 0 Å². The van der Waals surface area contributed by atoms with Gasteiger partial charge in [-0.15, -0.1) is 0 Å². The van der Waals surface area contributed by atoms with Gasteiger partial charge in [0.05, 0.1) is 0 Å². The lowest BCUT2D eigenvalue weighted by Crippen LogP contribution is -2.34. The molecule has 0 aromatic carbocycles. The highest BCUT2D eigenvalue weighted by molar-refractivity contribution is 7.98. The lowest BCUT2D eigenvalue weighted by molar-refractivity contribution is 0.0939. The molecular weight excluding hydrogens is 232 g/mol. The normalized spacial score (nSPS) is 12.2. The van der Waals surface area contributed by atoms with E-state index in [1.807, 2.05) is 13.2 Å². The third-order valence-corrected chi connectivity index (χ3v) is 2.79. The van der Waals surface area contributed by atoms with Crippen molar-refractivity contribution in [2.24, 2.45) is 0 Å². The summed E-state index contributed by atoms with van der Waals surface area (Å²) in [4.78, 5) is 15.6. The van der Waals surface area contributed by atoms with Gasteiger partial charge >= 0.3 is 0 Å². The lowest BCUT2D eigenvalue weighted by atomic mass is 10.3. The van der Waals surface area contributed by atoms with Crippen LogP contribution in [0.25, 0.3) is 0 Å². The number of carbonyl (C=O) groups is 1. The molecule has 1 heterocycles. The number of aromatic nitrogens is 1. The minimum absolute atomic E-state index is 0.133. The molecule has 5 heteroatoms. The fraction of sp³-hybridized carbons (Fsp3) is 0.400. The van der Waals surface area contributed by atoms with Crippen molar-refractivity contribution in [1.82, 2.24) is 10.3 Å². The van der Waals surface area contributed by atoms with Crippen molar-refractivity contribution in [1.29, 1.82) is 0 Å². The van der Waals surface area contributed by atoms with Gasteiger partial charge in [-0.2, -0.15) is 11.8 Å². The number of rotatable bonds is 4. The molecule has 0 bridgehead atoms. The van der Waals surface area contributed by atoms with Crippen LogP contribution in [-0.2, 0) is 0 Å². The first-order valence-electron chi connectivity index (χ1n) is 4.56. The Kier molecular flexibility index (Phi) is 4.91. The van der Waals surface area contributed by atoms with E-state index >= 15 is 0 Å². The van der Waals surface area contributed by atoms with Crippen LogP contribution in [-0.4, -0.2) is 28.9 Å². The number of nitrogens with one attached hydrogen (secondary N) is 1. The molecule has 0 saturated carbocycles. The van der Waals surface area contributed by atoms with Crippen LogP contribution in [0, 0.1) is 0 Å².